The lowest BCUT2D eigenvalue weighted by molar-refractivity contribution is 0.0968. The van der Waals surface area contributed by atoms with E-state index in [1.807, 2.05) is 36.4 Å². The number of aliphatic hydroxyl groups excluding tert-OH is 1. The number of aliphatic hydroxyl groups is 1. The molecular formula is C28H35NO6. The third-order valence-electron chi connectivity index (χ3n) is 6.44. The molecule has 1 amide bonds. The van der Waals surface area contributed by atoms with Crippen LogP contribution < -0.4 is 5.32 Å². The van der Waals surface area contributed by atoms with Gasteiger partial charge in [0.15, 0.2) is 11.6 Å². The normalized spacial score (nSPS) is 13.7. The fourth-order valence-electron chi connectivity index (χ4n) is 4.51. The lowest BCUT2D eigenvalue weighted by atomic mass is 9.93. The molecular weight excluding hydrogens is 446 g/mol. The summed E-state index contributed by atoms with van der Waals surface area (Å²) in [6.45, 7) is 0.878. The minimum absolute atomic E-state index is 0.0552. The average Bonchev–Trinajstić information content (AvgIpc) is 3.19. The predicted molar refractivity (Wildman–Crippen MR) is 134 cm³/mol. The van der Waals surface area contributed by atoms with Gasteiger partial charge in [-0.1, -0.05) is 30.7 Å². The van der Waals surface area contributed by atoms with Crippen molar-refractivity contribution < 1.29 is 29.0 Å². The van der Waals surface area contributed by atoms with Crippen molar-refractivity contribution in [1.29, 1.82) is 0 Å². The Kier molecular flexibility index (Phi) is 9.99. The summed E-state index contributed by atoms with van der Waals surface area (Å²) in [5, 5.41) is 11.4. The number of Topliss-reactive ketones (excluding diaryl/α,β-unsaturated/α-hetero) is 2. The summed E-state index contributed by atoms with van der Waals surface area (Å²) in [6.07, 6.45) is 4.17. The summed E-state index contributed by atoms with van der Waals surface area (Å²) in [5.41, 5.74) is 5.10. The van der Waals surface area contributed by atoms with Crippen LogP contribution in [0, 0.1) is 0 Å². The predicted octanol–water partition coefficient (Wildman–Crippen LogP) is 4.89. The van der Waals surface area contributed by atoms with E-state index in [0.717, 1.165) is 47.9 Å². The van der Waals surface area contributed by atoms with E-state index in [-0.39, 0.29) is 30.7 Å². The Hall–Kier alpha value is -3.03. The van der Waals surface area contributed by atoms with Gasteiger partial charge < -0.3 is 19.9 Å². The van der Waals surface area contributed by atoms with Crippen molar-refractivity contribution in [3.8, 4) is 11.1 Å². The zero-order chi connectivity index (χ0) is 25.2. The van der Waals surface area contributed by atoms with Crippen LogP contribution in [0.3, 0.4) is 0 Å². The molecule has 1 aliphatic rings. The van der Waals surface area contributed by atoms with E-state index in [0.29, 0.717) is 37.0 Å². The first-order valence-electron chi connectivity index (χ1n) is 12.3. The van der Waals surface area contributed by atoms with Crippen LogP contribution in [0.2, 0.25) is 0 Å². The van der Waals surface area contributed by atoms with Crippen LogP contribution >= 0.6 is 0 Å². The number of methoxy groups -OCH3 is 1. The molecule has 0 aliphatic heterocycles. The van der Waals surface area contributed by atoms with Gasteiger partial charge in [0.1, 0.15) is 6.61 Å². The maximum absolute atomic E-state index is 12.8. The number of nitrogens with one attached hydrogen (secondary N) is 1. The molecule has 7 heteroatoms. The molecule has 1 atom stereocenters. The number of alkyl carbamates (subject to hydrolysis) is 1. The van der Waals surface area contributed by atoms with Crippen molar-refractivity contribution in [3.63, 3.8) is 0 Å². The summed E-state index contributed by atoms with van der Waals surface area (Å²) in [7, 11) is 3.16. The molecule has 0 radical (unpaired) electrons. The van der Waals surface area contributed by atoms with Gasteiger partial charge in [-0.05, 0) is 60.1 Å². The minimum Gasteiger partial charge on any atom is -0.449 e. The number of hydrogen-bond donors (Lipinski definition) is 2. The van der Waals surface area contributed by atoms with Crippen molar-refractivity contribution in [3.05, 3.63) is 58.7 Å². The van der Waals surface area contributed by atoms with Gasteiger partial charge in [-0.25, -0.2) is 4.79 Å². The van der Waals surface area contributed by atoms with Crippen molar-refractivity contribution in [2.24, 2.45) is 0 Å². The molecule has 0 aromatic heterocycles. The standard InChI is InChI=1S/C28H35NO6/c1-29-28(33)35-18-25-23-16-19(26(31)8-4-3-6-14-30)10-12-21(23)22-13-11-20(17-24(22)25)27(32)9-5-7-15-34-2/h10-13,16-17,25,30H,3-9,14-15,18H2,1-2H3,(H,29,33). The van der Waals surface area contributed by atoms with Gasteiger partial charge in [0.25, 0.3) is 0 Å². The van der Waals surface area contributed by atoms with E-state index in [2.05, 4.69) is 5.32 Å². The number of amides is 1. The SMILES string of the molecule is CNC(=O)OCC1c2cc(C(=O)CCCCCO)ccc2-c2ccc(C(=O)CCCCOC)cc21. The molecule has 0 spiro atoms. The molecule has 188 valence electrons. The highest BCUT2D eigenvalue weighted by molar-refractivity contribution is 5.99. The highest BCUT2D eigenvalue weighted by Crippen LogP contribution is 2.46. The van der Waals surface area contributed by atoms with Gasteiger partial charge in [-0.2, -0.15) is 0 Å². The van der Waals surface area contributed by atoms with Gasteiger partial charge in [0, 0.05) is 57.3 Å². The summed E-state index contributed by atoms with van der Waals surface area (Å²) in [5.74, 6) is -0.134. The molecule has 2 aromatic carbocycles. The summed E-state index contributed by atoms with van der Waals surface area (Å²) < 4.78 is 10.5. The Balaban J connectivity index is 1.85. The second kappa shape index (κ2) is 13.2. The number of rotatable bonds is 14. The summed E-state index contributed by atoms with van der Waals surface area (Å²) >= 11 is 0. The number of benzene rings is 2. The molecule has 1 unspecified atom stereocenters. The number of carbonyl (C=O) groups is 3. The largest absolute Gasteiger partial charge is 0.449 e. The lowest BCUT2D eigenvalue weighted by Crippen LogP contribution is -2.22. The van der Waals surface area contributed by atoms with Crippen LogP contribution in [0.1, 0.15) is 82.7 Å². The van der Waals surface area contributed by atoms with Crippen molar-refractivity contribution in [2.75, 3.05) is 34.0 Å². The van der Waals surface area contributed by atoms with Crippen molar-refractivity contribution in [1.82, 2.24) is 5.32 Å². The highest BCUT2D eigenvalue weighted by Gasteiger charge is 2.31. The van der Waals surface area contributed by atoms with Crippen LogP contribution in [0.25, 0.3) is 11.1 Å². The van der Waals surface area contributed by atoms with E-state index >= 15 is 0 Å². The molecule has 0 heterocycles. The van der Waals surface area contributed by atoms with Crippen LogP contribution in [-0.2, 0) is 9.47 Å². The Morgan fingerprint density at radius 2 is 1.43 bits per heavy atom. The van der Waals surface area contributed by atoms with Gasteiger partial charge in [0.2, 0.25) is 0 Å². The topological polar surface area (TPSA) is 102 Å². The maximum atomic E-state index is 12.8. The highest BCUT2D eigenvalue weighted by atomic mass is 16.5. The minimum atomic E-state index is -0.526. The van der Waals surface area contributed by atoms with Crippen LogP contribution in [0.5, 0.6) is 0 Å². The number of carbonyl (C=O) groups excluding carboxylic acids is 3. The van der Waals surface area contributed by atoms with Gasteiger partial charge >= 0.3 is 6.09 Å². The van der Waals surface area contributed by atoms with E-state index in [1.54, 1.807) is 7.11 Å². The van der Waals surface area contributed by atoms with Gasteiger partial charge in [-0.15, -0.1) is 0 Å². The zero-order valence-corrected chi connectivity index (χ0v) is 20.6. The number of fused-ring (bicyclic) bond motifs is 3. The Morgan fingerprint density at radius 1 is 0.857 bits per heavy atom. The molecule has 3 rings (SSSR count). The van der Waals surface area contributed by atoms with Crippen molar-refractivity contribution >= 4 is 17.7 Å². The molecule has 7 nitrogen and oxygen atoms in total. The van der Waals surface area contributed by atoms with Crippen molar-refractivity contribution in [2.45, 2.75) is 50.9 Å². The average molecular weight is 482 g/mol. The molecule has 35 heavy (non-hydrogen) atoms. The van der Waals surface area contributed by atoms with E-state index in [4.69, 9.17) is 14.6 Å². The third kappa shape index (κ3) is 6.77. The quantitative estimate of drug-likeness (QED) is 0.294. The zero-order valence-electron chi connectivity index (χ0n) is 20.6. The van der Waals surface area contributed by atoms with Gasteiger partial charge in [0.05, 0.1) is 0 Å². The summed E-state index contributed by atoms with van der Waals surface area (Å²) in [6, 6.07) is 11.4. The van der Waals surface area contributed by atoms with Crippen LogP contribution in [0.4, 0.5) is 4.79 Å². The van der Waals surface area contributed by atoms with Crippen LogP contribution in [-0.4, -0.2) is 56.7 Å². The Bertz CT molecular complexity index is 974. The number of ketones is 2. The van der Waals surface area contributed by atoms with Gasteiger partial charge in [-0.3, -0.25) is 9.59 Å². The molecule has 0 fully saturated rings. The van der Waals surface area contributed by atoms with E-state index in [9.17, 15) is 14.4 Å². The Labute approximate surface area is 206 Å². The lowest BCUT2D eigenvalue weighted by Gasteiger charge is -2.15. The first-order chi connectivity index (χ1) is 17.0. The number of ether oxygens (including phenoxy) is 2. The smallest absolute Gasteiger partial charge is 0.406 e. The molecule has 2 N–H and O–H groups in total. The molecule has 1 aliphatic carbocycles. The second-order valence-electron chi connectivity index (χ2n) is 8.84. The first-order valence-corrected chi connectivity index (χ1v) is 12.3. The van der Waals surface area contributed by atoms with E-state index < -0.39 is 6.09 Å². The Morgan fingerprint density at radius 3 is 1.94 bits per heavy atom. The second-order valence-corrected chi connectivity index (χ2v) is 8.84. The molecule has 2 aromatic rings. The fraction of sp³-hybridized carbons (Fsp3) is 0.464. The molecule has 0 saturated heterocycles. The third-order valence-corrected chi connectivity index (χ3v) is 6.44. The fourth-order valence-corrected chi connectivity index (χ4v) is 4.51. The molecule has 0 saturated carbocycles. The first kappa shape index (κ1) is 26.6. The van der Waals surface area contributed by atoms with Crippen LogP contribution in [0.15, 0.2) is 36.4 Å². The monoisotopic (exact) mass is 481 g/mol. The molecule has 0 bridgehead atoms. The maximum Gasteiger partial charge on any atom is 0.406 e. The van der Waals surface area contributed by atoms with E-state index in [1.165, 1.54) is 7.05 Å². The summed E-state index contributed by atoms with van der Waals surface area (Å²) in [4.78, 5) is 37.4. The number of unbranched alkanes of at least 4 members (excludes halogenated alkanes) is 3. The number of hydrogen-bond acceptors (Lipinski definition) is 6.